The maximum atomic E-state index is 4.17. The van der Waals surface area contributed by atoms with Crippen LogP contribution in [0.25, 0.3) is 0 Å². The number of fused-ring (bicyclic) bond motifs is 1. The van der Waals surface area contributed by atoms with E-state index in [4.69, 9.17) is 0 Å². The van der Waals surface area contributed by atoms with Crippen LogP contribution in [0, 0.1) is 6.92 Å². The number of aromatic nitrogens is 3. The SMILES string of the molecule is CCn1nnc(C)c1CNC12CCCC1NCC2. The van der Waals surface area contributed by atoms with E-state index in [-0.39, 0.29) is 0 Å². The lowest BCUT2D eigenvalue weighted by Crippen LogP contribution is -2.50. The number of hydrogen-bond donors (Lipinski definition) is 2. The van der Waals surface area contributed by atoms with Gasteiger partial charge >= 0.3 is 0 Å². The van der Waals surface area contributed by atoms with E-state index in [1.807, 2.05) is 11.6 Å². The lowest BCUT2D eigenvalue weighted by molar-refractivity contribution is 0.314. The molecule has 2 unspecified atom stereocenters. The molecule has 2 atom stereocenters. The fourth-order valence-corrected chi connectivity index (χ4v) is 3.59. The molecular weight excluding hydrogens is 226 g/mol. The second kappa shape index (κ2) is 4.63. The predicted molar refractivity (Wildman–Crippen MR) is 70.3 cm³/mol. The molecule has 2 fully saturated rings. The Morgan fingerprint density at radius 1 is 1.50 bits per heavy atom. The van der Waals surface area contributed by atoms with E-state index in [1.165, 1.54) is 31.4 Å². The third kappa shape index (κ3) is 1.86. The molecule has 3 rings (SSSR count). The molecule has 100 valence electrons. The molecule has 1 aliphatic carbocycles. The number of nitrogens with one attached hydrogen (secondary N) is 2. The van der Waals surface area contributed by atoms with Crippen LogP contribution in [0.4, 0.5) is 0 Å². The Morgan fingerprint density at radius 3 is 3.22 bits per heavy atom. The zero-order chi connectivity index (χ0) is 12.6. The Morgan fingerprint density at radius 2 is 2.39 bits per heavy atom. The monoisotopic (exact) mass is 249 g/mol. The minimum absolute atomic E-state index is 0.329. The Balaban J connectivity index is 1.72. The molecule has 5 heteroatoms. The second-order valence-corrected chi connectivity index (χ2v) is 5.60. The Kier molecular flexibility index (Phi) is 3.11. The summed E-state index contributed by atoms with van der Waals surface area (Å²) in [5.74, 6) is 0. The van der Waals surface area contributed by atoms with Crippen molar-refractivity contribution in [2.75, 3.05) is 6.54 Å². The highest BCUT2D eigenvalue weighted by Crippen LogP contribution is 2.36. The third-order valence-electron chi connectivity index (χ3n) is 4.68. The molecule has 0 radical (unpaired) electrons. The summed E-state index contributed by atoms with van der Waals surface area (Å²) < 4.78 is 2.01. The summed E-state index contributed by atoms with van der Waals surface area (Å²) in [5, 5.41) is 15.8. The summed E-state index contributed by atoms with van der Waals surface area (Å²) >= 11 is 0. The molecule has 1 saturated heterocycles. The summed E-state index contributed by atoms with van der Waals surface area (Å²) in [5.41, 5.74) is 2.63. The molecule has 2 aliphatic rings. The van der Waals surface area contributed by atoms with Crippen LogP contribution >= 0.6 is 0 Å². The Hall–Kier alpha value is -0.940. The minimum atomic E-state index is 0.329. The van der Waals surface area contributed by atoms with Crippen LogP contribution in [0.15, 0.2) is 0 Å². The average Bonchev–Trinajstić information content (AvgIpc) is 3.00. The lowest BCUT2D eigenvalue weighted by Gasteiger charge is -2.30. The standard InChI is InChI=1S/C13H23N5/c1-3-18-11(10(2)16-17-18)9-15-13-6-4-5-12(13)14-8-7-13/h12,14-15H,3-9H2,1-2H3. The van der Waals surface area contributed by atoms with Crippen molar-refractivity contribution < 1.29 is 0 Å². The molecule has 1 aromatic rings. The Bertz CT molecular complexity index is 415. The van der Waals surface area contributed by atoms with Gasteiger partial charge in [0.2, 0.25) is 0 Å². The van der Waals surface area contributed by atoms with E-state index in [2.05, 4.69) is 27.9 Å². The summed E-state index contributed by atoms with van der Waals surface area (Å²) in [6, 6.07) is 0.670. The smallest absolute Gasteiger partial charge is 0.0841 e. The van der Waals surface area contributed by atoms with Crippen LogP contribution in [-0.2, 0) is 13.1 Å². The topological polar surface area (TPSA) is 54.8 Å². The number of aryl methyl sites for hydroxylation is 2. The lowest BCUT2D eigenvalue weighted by atomic mass is 9.93. The molecule has 5 nitrogen and oxygen atoms in total. The first-order valence-corrected chi connectivity index (χ1v) is 7.12. The molecule has 0 amide bonds. The molecule has 2 N–H and O–H groups in total. The van der Waals surface area contributed by atoms with Crippen LogP contribution in [0.2, 0.25) is 0 Å². The molecule has 1 aromatic heterocycles. The first-order valence-electron chi connectivity index (χ1n) is 7.12. The molecule has 18 heavy (non-hydrogen) atoms. The van der Waals surface area contributed by atoms with Gasteiger partial charge in [0, 0.05) is 24.7 Å². The third-order valence-corrected chi connectivity index (χ3v) is 4.68. The minimum Gasteiger partial charge on any atom is -0.312 e. The summed E-state index contributed by atoms with van der Waals surface area (Å²) in [6.07, 6.45) is 5.22. The molecule has 0 aromatic carbocycles. The fraction of sp³-hybridized carbons (Fsp3) is 0.846. The maximum absolute atomic E-state index is 4.17. The highest BCUT2D eigenvalue weighted by Gasteiger charge is 2.45. The van der Waals surface area contributed by atoms with Crippen molar-refractivity contribution in [3.63, 3.8) is 0 Å². The van der Waals surface area contributed by atoms with Gasteiger partial charge in [-0.25, -0.2) is 4.68 Å². The molecule has 0 bridgehead atoms. The average molecular weight is 249 g/mol. The Labute approximate surface area is 108 Å². The fourth-order valence-electron chi connectivity index (χ4n) is 3.59. The number of rotatable bonds is 4. The van der Waals surface area contributed by atoms with Gasteiger partial charge in [-0.3, -0.25) is 0 Å². The quantitative estimate of drug-likeness (QED) is 0.835. The van der Waals surface area contributed by atoms with Crippen LogP contribution < -0.4 is 10.6 Å². The van der Waals surface area contributed by atoms with Gasteiger partial charge in [0.05, 0.1) is 11.4 Å². The normalized spacial score (nSPS) is 30.9. The van der Waals surface area contributed by atoms with Gasteiger partial charge in [-0.05, 0) is 46.1 Å². The van der Waals surface area contributed by atoms with E-state index in [9.17, 15) is 0 Å². The van der Waals surface area contributed by atoms with Crippen molar-refractivity contribution in [2.24, 2.45) is 0 Å². The van der Waals surface area contributed by atoms with Crippen LogP contribution in [-0.4, -0.2) is 33.1 Å². The van der Waals surface area contributed by atoms with Crippen molar-refractivity contribution in [3.05, 3.63) is 11.4 Å². The van der Waals surface area contributed by atoms with Crippen molar-refractivity contribution >= 4 is 0 Å². The van der Waals surface area contributed by atoms with E-state index in [0.717, 1.165) is 25.3 Å². The predicted octanol–water partition coefficient (Wildman–Crippen LogP) is 0.981. The van der Waals surface area contributed by atoms with Crippen LogP contribution in [0.5, 0.6) is 0 Å². The van der Waals surface area contributed by atoms with Crippen LogP contribution in [0.3, 0.4) is 0 Å². The van der Waals surface area contributed by atoms with Crippen molar-refractivity contribution in [1.29, 1.82) is 0 Å². The number of hydrogen-bond acceptors (Lipinski definition) is 4. The summed E-state index contributed by atoms with van der Waals surface area (Å²) in [4.78, 5) is 0. The first-order chi connectivity index (χ1) is 8.75. The van der Waals surface area contributed by atoms with Gasteiger partial charge in [-0.2, -0.15) is 0 Å². The van der Waals surface area contributed by atoms with Gasteiger partial charge in [-0.15, -0.1) is 5.10 Å². The number of nitrogens with zero attached hydrogens (tertiary/aromatic N) is 3. The van der Waals surface area contributed by atoms with Crippen molar-refractivity contribution in [3.8, 4) is 0 Å². The zero-order valence-electron chi connectivity index (χ0n) is 11.4. The molecule has 0 spiro atoms. The molecule has 2 heterocycles. The second-order valence-electron chi connectivity index (χ2n) is 5.60. The van der Waals surface area contributed by atoms with Gasteiger partial charge in [-0.1, -0.05) is 5.21 Å². The van der Waals surface area contributed by atoms with E-state index in [1.54, 1.807) is 0 Å². The van der Waals surface area contributed by atoms with Gasteiger partial charge in [0.25, 0.3) is 0 Å². The molecule has 1 saturated carbocycles. The molecule has 1 aliphatic heterocycles. The molecular formula is C13H23N5. The summed E-state index contributed by atoms with van der Waals surface area (Å²) in [7, 11) is 0. The van der Waals surface area contributed by atoms with Crippen LogP contribution in [0.1, 0.15) is 44.0 Å². The highest BCUT2D eigenvalue weighted by atomic mass is 15.4. The van der Waals surface area contributed by atoms with Crippen molar-refractivity contribution in [1.82, 2.24) is 25.6 Å². The maximum Gasteiger partial charge on any atom is 0.0841 e. The zero-order valence-corrected chi connectivity index (χ0v) is 11.4. The largest absolute Gasteiger partial charge is 0.312 e. The van der Waals surface area contributed by atoms with Gasteiger partial charge < -0.3 is 10.6 Å². The van der Waals surface area contributed by atoms with Gasteiger partial charge in [0.15, 0.2) is 0 Å². The van der Waals surface area contributed by atoms with E-state index >= 15 is 0 Å². The van der Waals surface area contributed by atoms with Crippen molar-refractivity contribution in [2.45, 2.75) is 64.2 Å². The summed E-state index contributed by atoms with van der Waals surface area (Å²) in [6.45, 7) is 7.11. The van der Waals surface area contributed by atoms with E-state index in [0.29, 0.717) is 11.6 Å². The van der Waals surface area contributed by atoms with Gasteiger partial charge in [0.1, 0.15) is 0 Å². The first kappa shape index (κ1) is 12.1. The van der Waals surface area contributed by atoms with E-state index < -0.39 is 0 Å². The highest BCUT2D eigenvalue weighted by molar-refractivity contribution is 5.12.